The standard InChI is InChI=1S/C10H21N3O3S/c1-3-9(12-17(15,16)4-2)10(14)13-7-5-11-6-8-13/h9,11-12H,3-8H2,1-2H3. The van der Waals surface area contributed by atoms with Crippen molar-refractivity contribution in [2.45, 2.75) is 26.3 Å². The second kappa shape index (κ2) is 6.32. The summed E-state index contributed by atoms with van der Waals surface area (Å²) in [7, 11) is -3.33. The normalized spacial score (nSPS) is 19.1. The molecule has 6 nitrogen and oxygen atoms in total. The topological polar surface area (TPSA) is 78.5 Å². The Bertz CT molecular complexity index is 350. The zero-order chi connectivity index (χ0) is 12.9. The lowest BCUT2D eigenvalue weighted by Gasteiger charge is -2.30. The predicted octanol–water partition coefficient (Wildman–Crippen LogP) is -0.864. The van der Waals surface area contributed by atoms with Crippen LogP contribution in [0.5, 0.6) is 0 Å². The Morgan fingerprint density at radius 2 is 1.94 bits per heavy atom. The molecule has 100 valence electrons. The lowest BCUT2D eigenvalue weighted by molar-refractivity contribution is -0.133. The van der Waals surface area contributed by atoms with Crippen LogP contribution in [0.2, 0.25) is 0 Å². The average molecular weight is 263 g/mol. The van der Waals surface area contributed by atoms with Crippen LogP contribution in [0.15, 0.2) is 0 Å². The molecule has 1 aliphatic heterocycles. The molecule has 0 aromatic rings. The van der Waals surface area contributed by atoms with Crippen LogP contribution in [0.1, 0.15) is 20.3 Å². The molecule has 2 N–H and O–H groups in total. The zero-order valence-corrected chi connectivity index (χ0v) is 11.2. The minimum atomic E-state index is -3.33. The molecule has 0 aliphatic carbocycles. The minimum Gasteiger partial charge on any atom is -0.339 e. The number of nitrogens with zero attached hydrogens (tertiary/aromatic N) is 1. The quantitative estimate of drug-likeness (QED) is 0.676. The molecule has 1 heterocycles. The Hall–Kier alpha value is -0.660. The van der Waals surface area contributed by atoms with Crippen LogP contribution in [0, 0.1) is 0 Å². The van der Waals surface area contributed by atoms with Gasteiger partial charge in [-0.1, -0.05) is 6.92 Å². The number of nitrogens with one attached hydrogen (secondary N) is 2. The molecule has 1 atom stereocenters. The molecule has 1 unspecified atom stereocenters. The highest BCUT2D eigenvalue weighted by atomic mass is 32.2. The van der Waals surface area contributed by atoms with Gasteiger partial charge in [0.1, 0.15) is 6.04 Å². The number of carbonyl (C=O) groups excluding carboxylic acids is 1. The summed E-state index contributed by atoms with van der Waals surface area (Å²) in [5.41, 5.74) is 0. The van der Waals surface area contributed by atoms with Crippen molar-refractivity contribution in [3.05, 3.63) is 0 Å². The van der Waals surface area contributed by atoms with Crippen molar-refractivity contribution in [2.24, 2.45) is 0 Å². The van der Waals surface area contributed by atoms with Crippen molar-refractivity contribution in [3.63, 3.8) is 0 Å². The fraction of sp³-hybridized carbons (Fsp3) is 0.900. The summed E-state index contributed by atoms with van der Waals surface area (Å²) in [6.45, 7) is 6.19. The highest BCUT2D eigenvalue weighted by Crippen LogP contribution is 2.03. The van der Waals surface area contributed by atoms with Crippen LogP contribution >= 0.6 is 0 Å². The third kappa shape index (κ3) is 4.25. The monoisotopic (exact) mass is 263 g/mol. The van der Waals surface area contributed by atoms with Crippen LogP contribution in [0.25, 0.3) is 0 Å². The molecule has 7 heteroatoms. The van der Waals surface area contributed by atoms with Gasteiger partial charge in [0.2, 0.25) is 15.9 Å². The molecule has 0 aromatic heterocycles. The van der Waals surface area contributed by atoms with Crippen molar-refractivity contribution in [3.8, 4) is 0 Å². The highest BCUT2D eigenvalue weighted by molar-refractivity contribution is 7.89. The van der Waals surface area contributed by atoms with Crippen LogP contribution < -0.4 is 10.0 Å². The maximum Gasteiger partial charge on any atom is 0.240 e. The number of sulfonamides is 1. The molecule has 0 aromatic carbocycles. The summed E-state index contributed by atoms with van der Waals surface area (Å²) >= 11 is 0. The van der Waals surface area contributed by atoms with Gasteiger partial charge in [0.25, 0.3) is 0 Å². The van der Waals surface area contributed by atoms with E-state index in [1.54, 1.807) is 11.8 Å². The Balaban J connectivity index is 2.63. The first-order valence-electron chi connectivity index (χ1n) is 5.99. The number of amides is 1. The molecular formula is C10H21N3O3S. The van der Waals surface area contributed by atoms with E-state index in [-0.39, 0.29) is 11.7 Å². The molecule has 1 saturated heterocycles. The van der Waals surface area contributed by atoms with Crippen LogP contribution in [0.4, 0.5) is 0 Å². The highest BCUT2D eigenvalue weighted by Gasteiger charge is 2.26. The molecule has 1 amide bonds. The van der Waals surface area contributed by atoms with Gasteiger partial charge in [-0.2, -0.15) is 0 Å². The summed E-state index contributed by atoms with van der Waals surface area (Å²) in [4.78, 5) is 13.8. The lowest BCUT2D eigenvalue weighted by Crippen LogP contribution is -2.54. The van der Waals surface area contributed by atoms with Gasteiger partial charge < -0.3 is 10.2 Å². The second-order valence-corrected chi connectivity index (χ2v) is 6.10. The summed E-state index contributed by atoms with van der Waals surface area (Å²) < 4.78 is 25.4. The molecule has 1 fully saturated rings. The van der Waals surface area contributed by atoms with Crippen LogP contribution in [-0.2, 0) is 14.8 Å². The fourth-order valence-electron chi connectivity index (χ4n) is 1.71. The molecule has 0 saturated carbocycles. The summed E-state index contributed by atoms with van der Waals surface area (Å²) in [6.07, 6.45) is 0.474. The van der Waals surface area contributed by atoms with Gasteiger partial charge in [-0.15, -0.1) is 0 Å². The van der Waals surface area contributed by atoms with E-state index in [0.717, 1.165) is 13.1 Å². The smallest absolute Gasteiger partial charge is 0.240 e. The number of piperazine rings is 1. The predicted molar refractivity (Wildman–Crippen MR) is 66.1 cm³/mol. The van der Waals surface area contributed by atoms with Gasteiger partial charge in [-0.3, -0.25) is 4.79 Å². The minimum absolute atomic E-state index is 0.00165. The van der Waals surface area contributed by atoms with Crippen molar-refractivity contribution in [2.75, 3.05) is 31.9 Å². The van der Waals surface area contributed by atoms with Gasteiger partial charge in [-0.25, -0.2) is 13.1 Å². The maximum absolute atomic E-state index is 12.1. The molecule has 17 heavy (non-hydrogen) atoms. The maximum atomic E-state index is 12.1. The van der Waals surface area contributed by atoms with E-state index in [4.69, 9.17) is 0 Å². The van der Waals surface area contributed by atoms with E-state index in [9.17, 15) is 13.2 Å². The van der Waals surface area contributed by atoms with Gasteiger partial charge in [-0.05, 0) is 13.3 Å². The molecular weight excluding hydrogens is 242 g/mol. The third-order valence-corrected chi connectivity index (χ3v) is 4.24. The van der Waals surface area contributed by atoms with E-state index >= 15 is 0 Å². The zero-order valence-electron chi connectivity index (χ0n) is 10.4. The Kier molecular flexibility index (Phi) is 5.35. The van der Waals surface area contributed by atoms with Crippen molar-refractivity contribution in [1.29, 1.82) is 0 Å². The Morgan fingerprint density at radius 3 is 2.41 bits per heavy atom. The first-order valence-corrected chi connectivity index (χ1v) is 7.65. The molecule has 0 spiro atoms. The number of rotatable bonds is 5. The summed E-state index contributed by atoms with van der Waals surface area (Å²) in [5.74, 6) is -0.121. The van der Waals surface area contributed by atoms with E-state index in [1.807, 2.05) is 6.92 Å². The molecule has 0 radical (unpaired) electrons. The van der Waals surface area contributed by atoms with Crippen molar-refractivity contribution in [1.82, 2.24) is 14.9 Å². The molecule has 0 bridgehead atoms. The van der Waals surface area contributed by atoms with Gasteiger partial charge in [0.15, 0.2) is 0 Å². The first-order chi connectivity index (χ1) is 8.00. The van der Waals surface area contributed by atoms with E-state index in [0.29, 0.717) is 19.5 Å². The third-order valence-electron chi connectivity index (χ3n) is 2.84. The number of hydrogen-bond donors (Lipinski definition) is 2. The SMILES string of the molecule is CCC(NS(=O)(=O)CC)C(=O)N1CCNCC1. The van der Waals surface area contributed by atoms with E-state index in [2.05, 4.69) is 10.0 Å². The first kappa shape index (κ1) is 14.4. The van der Waals surface area contributed by atoms with E-state index < -0.39 is 16.1 Å². The van der Waals surface area contributed by atoms with E-state index in [1.165, 1.54) is 0 Å². The van der Waals surface area contributed by atoms with Gasteiger partial charge in [0, 0.05) is 26.2 Å². The van der Waals surface area contributed by atoms with Crippen LogP contribution in [0.3, 0.4) is 0 Å². The lowest BCUT2D eigenvalue weighted by atomic mass is 10.2. The van der Waals surface area contributed by atoms with Gasteiger partial charge in [0.05, 0.1) is 5.75 Å². The van der Waals surface area contributed by atoms with Crippen molar-refractivity contribution < 1.29 is 13.2 Å². The summed E-state index contributed by atoms with van der Waals surface area (Å²) in [5, 5.41) is 3.15. The average Bonchev–Trinajstić information content (AvgIpc) is 2.36. The second-order valence-electron chi connectivity index (χ2n) is 4.06. The Morgan fingerprint density at radius 1 is 1.35 bits per heavy atom. The largest absolute Gasteiger partial charge is 0.339 e. The van der Waals surface area contributed by atoms with Crippen LogP contribution in [-0.4, -0.2) is 57.2 Å². The number of hydrogen-bond acceptors (Lipinski definition) is 4. The summed E-state index contributed by atoms with van der Waals surface area (Å²) in [6, 6.07) is -0.627. The molecule has 1 rings (SSSR count). The van der Waals surface area contributed by atoms with Gasteiger partial charge >= 0.3 is 0 Å². The molecule has 1 aliphatic rings. The van der Waals surface area contributed by atoms with Crippen molar-refractivity contribution >= 4 is 15.9 Å². The Labute approximate surface area is 103 Å². The number of carbonyl (C=O) groups is 1. The fourth-order valence-corrected chi connectivity index (χ4v) is 2.58.